The van der Waals surface area contributed by atoms with Gasteiger partial charge in [-0.3, -0.25) is 0 Å². The molecule has 0 aliphatic rings. The van der Waals surface area contributed by atoms with Gasteiger partial charge in [0.25, 0.3) is 5.89 Å². The number of hydrogen-bond donors (Lipinski definition) is 2. The van der Waals surface area contributed by atoms with Crippen LogP contribution in [0.4, 0.5) is 0 Å². The van der Waals surface area contributed by atoms with Crippen LogP contribution in [0.2, 0.25) is 5.02 Å². The molecule has 26 heavy (non-hydrogen) atoms. The Bertz CT molecular complexity index is 1080. The quantitative estimate of drug-likeness (QED) is 0.491. The first-order valence-corrected chi connectivity index (χ1v) is 9.13. The van der Waals surface area contributed by atoms with Crippen molar-refractivity contribution in [1.29, 1.82) is 0 Å². The Morgan fingerprint density at radius 2 is 1.85 bits per heavy atom. The molecule has 2 heterocycles. The number of rotatable bonds is 3. The van der Waals surface area contributed by atoms with Crippen LogP contribution in [0, 0.1) is 13.8 Å². The summed E-state index contributed by atoms with van der Waals surface area (Å²) in [6.45, 7) is 4.16. The van der Waals surface area contributed by atoms with Crippen LogP contribution in [0.1, 0.15) is 23.0 Å². The molecule has 4 rings (SSSR count). The van der Waals surface area contributed by atoms with Gasteiger partial charge >= 0.3 is 0 Å². The monoisotopic (exact) mass is 386 g/mol. The Balaban J connectivity index is 1.75. The van der Waals surface area contributed by atoms with Gasteiger partial charge in [-0.2, -0.15) is 4.98 Å². The smallest absolute Gasteiger partial charge is 0.268 e. The molecule has 0 fully saturated rings. The highest BCUT2D eigenvalue weighted by atomic mass is 35.5. The number of aliphatic hydroxyl groups is 2. The molecule has 2 aromatic carbocycles. The Morgan fingerprint density at radius 1 is 1.08 bits per heavy atom. The highest BCUT2D eigenvalue weighted by Gasteiger charge is 2.17. The van der Waals surface area contributed by atoms with Crippen molar-refractivity contribution >= 4 is 33.0 Å². The maximum Gasteiger partial charge on any atom is 0.268 e. The molecule has 5 nitrogen and oxygen atoms in total. The molecular weight excluding hydrogens is 372 g/mol. The van der Waals surface area contributed by atoms with Crippen LogP contribution < -0.4 is 0 Å². The average Bonchev–Trinajstić information content (AvgIpc) is 3.25. The zero-order chi connectivity index (χ0) is 18.4. The fraction of sp³-hybridized carbons (Fsp3) is 0.158. The molecule has 0 aliphatic heterocycles. The van der Waals surface area contributed by atoms with Gasteiger partial charge in [-0.05, 0) is 48.6 Å². The largest absolute Gasteiger partial charge is 0.364 e. The number of fused-ring (bicyclic) bond motifs is 1. The zero-order valence-corrected chi connectivity index (χ0v) is 15.6. The van der Waals surface area contributed by atoms with Crippen molar-refractivity contribution in [3.63, 3.8) is 0 Å². The Hall–Kier alpha value is -2.25. The number of aromatic nitrogens is 2. The van der Waals surface area contributed by atoms with Gasteiger partial charge < -0.3 is 14.7 Å². The molecule has 7 heteroatoms. The van der Waals surface area contributed by atoms with Gasteiger partial charge in [-0.25, -0.2) is 0 Å². The van der Waals surface area contributed by atoms with Gasteiger partial charge in [-0.15, -0.1) is 11.3 Å². The molecule has 2 N–H and O–H groups in total. The molecule has 2 aromatic heterocycles. The lowest BCUT2D eigenvalue weighted by Gasteiger charge is -2.05. The van der Waals surface area contributed by atoms with E-state index in [1.54, 1.807) is 23.5 Å². The first kappa shape index (κ1) is 17.2. The second kappa shape index (κ2) is 6.48. The molecule has 4 aromatic rings. The Labute approximate surface area is 158 Å². The third kappa shape index (κ3) is 2.91. The summed E-state index contributed by atoms with van der Waals surface area (Å²) < 4.78 is 6.65. The van der Waals surface area contributed by atoms with E-state index in [9.17, 15) is 10.2 Å². The summed E-state index contributed by atoms with van der Waals surface area (Å²) in [4.78, 5) is 5.36. The van der Waals surface area contributed by atoms with Crippen molar-refractivity contribution in [3.8, 4) is 22.2 Å². The number of benzene rings is 2. The van der Waals surface area contributed by atoms with Crippen LogP contribution >= 0.6 is 22.9 Å². The highest BCUT2D eigenvalue weighted by molar-refractivity contribution is 7.22. The van der Waals surface area contributed by atoms with Crippen LogP contribution in [0.5, 0.6) is 0 Å². The van der Waals surface area contributed by atoms with Crippen molar-refractivity contribution in [3.05, 3.63) is 58.1 Å². The van der Waals surface area contributed by atoms with Gasteiger partial charge in [0.1, 0.15) is 0 Å². The van der Waals surface area contributed by atoms with Gasteiger partial charge in [-0.1, -0.05) is 35.0 Å². The topological polar surface area (TPSA) is 79.4 Å². The summed E-state index contributed by atoms with van der Waals surface area (Å²) in [5.74, 6) is 0.789. The maximum atomic E-state index is 9.22. The third-order valence-corrected chi connectivity index (χ3v) is 5.84. The molecule has 0 unspecified atom stereocenters. The van der Waals surface area contributed by atoms with E-state index in [2.05, 4.69) is 42.2 Å². The van der Waals surface area contributed by atoms with Gasteiger partial charge in [0.05, 0.1) is 9.90 Å². The Morgan fingerprint density at radius 3 is 2.54 bits per heavy atom. The molecule has 0 saturated heterocycles. The fourth-order valence-corrected chi connectivity index (χ4v) is 4.20. The summed E-state index contributed by atoms with van der Waals surface area (Å²) in [6.07, 6.45) is -1.58. The summed E-state index contributed by atoms with van der Waals surface area (Å²) in [7, 11) is 0. The number of aryl methyl sites for hydroxylation is 2. The summed E-state index contributed by atoms with van der Waals surface area (Å²) in [5.41, 5.74) is 3.29. The third-order valence-electron chi connectivity index (χ3n) is 4.27. The molecule has 0 amide bonds. The molecule has 0 spiro atoms. The predicted octanol–water partition coefficient (Wildman–Crippen LogP) is 4.87. The molecule has 0 aliphatic carbocycles. The van der Waals surface area contributed by atoms with Crippen molar-refractivity contribution in [1.82, 2.24) is 10.1 Å². The summed E-state index contributed by atoms with van der Waals surface area (Å²) in [6, 6.07) is 11.0. The van der Waals surface area contributed by atoms with Crippen LogP contribution in [0.15, 0.2) is 40.9 Å². The van der Waals surface area contributed by atoms with Gasteiger partial charge in [0.15, 0.2) is 6.29 Å². The van der Waals surface area contributed by atoms with Gasteiger partial charge in [0.2, 0.25) is 5.82 Å². The molecular formula is C19H15ClN2O3S. The minimum Gasteiger partial charge on any atom is -0.364 e. The predicted molar refractivity (Wildman–Crippen MR) is 102 cm³/mol. The Kier molecular flexibility index (Phi) is 4.28. The molecule has 0 atom stereocenters. The van der Waals surface area contributed by atoms with Crippen LogP contribution in [0.3, 0.4) is 0 Å². The number of thiophene rings is 1. The average molecular weight is 387 g/mol. The second-order valence-corrected chi connectivity index (χ2v) is 7.55. The minimum atomic E-state index is -1.58. The first-order chi connectivity index (χ1) is 12.4. The second-order valence-electron chi connectivity index (χ2n) is 6.09. The van der Waals surface area contributed by atoms with Crippen LogP contribution in [-0.2, 0) is 0 Å². The number of nitrogens with zero attached hydrogens (tertiary/aromatic N) is 2. The van der Waals surface area contributed by atoms with Crippen molar-refractivity contribution < 1.29 is 14.7 Å². The SMILES string of the molecule is Cc1ccc(C)c2sc(-c3nc(-c4ccc(C(O)O)cc4Cl)no3)cc12. The highest BCUT2D eigenvalue weighted by Crippen LogP contribution is 2.37. The van der Waals surface area contributed by atoms with E-state index in [0.29, 0.717) is 27.9 Å². The van der Waals surface area contributed by atoms with E-state index in [1.165, 1.54) is 27.3 Å². The van der Waals surface area contributed by atoms with E-state index in [4.69, 9.17) is 16.1 Å². The van der Waals surface area contributed by atoms with Gasteiger partial charge in [0, 0.05) is 15.8 Å². The summed E-state index contributed by atoms with van der Waals surface area (Å²) in [5, 5.41) is 24.0. The number of halogens is 1. The van der Waals surface area contributed by atoms with Crippen LogP contribution in [0.25, 0.3) is 32.2 Å². The van der Waals surface area contributed by atoms with Crippen LogP contribution in [-0.4, -0.2) is 20.4 Å². The standard InChI is InChI=1S/C19H15ClN2O3S/c1-9-3-4-10(2)16-13(9)8-15(26-16)18-21-17(22-25-18)12-6-5-11(19(23)24)7-14(12)20/h3-8,19,23-24H,1-2H3. The van der Waals surface area contributed by atoms with E-state index in [0.717, 1.165) is 4.88 Å². The number of hydrogen-bond acceptors (Lipinski definition) is 6. The first-order valence-electron chi connectivity index (χ1n) is 7.94. The molecule has 0 radical (unpaired) electrons. The lowest BCUT2D eigenvalue weighted by Crippen LogP contribution is -1.95. The van der Waals surface area contributed by atoms with Crippen molar-refractivity contribution in [2.45, 2.75) is 20.1 Å². The number of aliphatic hydroxyl groups excluding tert-OH is 1. The minimum absolute atomic E-state index is 0.304. The molecule has 132 valence electrons. The van der Waals surface area contributed by atoms with E-state index in [1.807, 2.05) is 0 Å². The van der Waals surface area contributed by atoms with Crippen molar-refractivity contribution in [2.24, 2.45) is 0 Å². The van der Waals surface area contributed by atoms with E-state index in [-0.39, 0.29) is 0 Å². The summed E-state index contributed by atoms with van der Waals surface area (Å²) >= 11 is 7.84. The molecule has 0 saturated carbocycles. The lowest BCUT2D eigenvalue weighted by molar-refractivity contribution is -0.0424. The van der Waals surface area contributed by atoms with E-state index >= 15 is 0 Å². The van der Waals surface area contributed by atoms with E-state index < -0.39 is 6.29 Å². The maximum absolute atomic E-state index is 9.22. The van der Waals surface area contributed by atoms with Crippen molar-refractivity contribution in [2.75, 3.05) is 0 Å². The normalized spacial score (nSPS) is 11.6. The zero-order valence-electron chi connectivity index (χ0n) is 14.0. The lowest BCUT2D eigenvalue weighted by atomic mass is 10.1. The fourth-order valence-electron chi connectivity index (χ4n) is 2.80. The molecule has 0 bridgehead atoms.